The first-order valence-corrected chi connectivity index (χ1v) is 7.64. The predicted octanol–water partition coefficient (Wildman–Crippen LogP) is 1.58. The van der Waals surface area contributed by atoms with Crippen LogP contribution in [0.5, 0.6) is 0 Å². The Morgan fingerprint density at radius 2 is 1.85 bits per heavy atom. The van der Waals surface area contributed by atoms with Crippen LogP contribution < -0.4 is 16.5 Å². The van der Waals surface area contributed by atoms with E-state index in [9.17, 15) is 9.36 Å². The Bertz CT molecular complexity index is 506. The average Bonchev–Trinajstić information content (AvgIpc) is 2.39. The maximum absolute atomic E-state index is 12.5. The maximum atomic E-state index is 12.5. The minimum atomic E-state index is -3.27. The molecule has 1 aromatic rings. The van der Waals surface area contributed by atoms with Crippen molar-refractivity contribution in [2.75, 3.05) is 13.2 Å². The summed E-state index contributed by atoms with van der Waals surface area (Å²) < 4.78 is 22.9. The molecule has 0 aromatic heterocycles. The third-order valence-electron chi connectivity index (χ3n) is 2.20. The fourth-order valence-electron chi connectivity index (χ4n) is 1.44. The molecule has 20 heavy (non-hydrogen) atoms. The van der Waals surface area contributed by atoms with E-state index in [1.54, 1.807) is 38.1 Å². The van der Waals surface area contributed by atoms with Gasteiger partial charge in [-0.3, -0.25) is 4.57 Å². The molecule has 0 aliphatic heterocycles. The molecule has 0 spiro atoms. The topological polar surface area (TPSA) is 103 Å². The Kier molecular flexibility index (Phi) is 6.38. The van der Waals surface area contributed by atoms with E-state index in [0.717, 1.165) is 0 Å². The highest BCUT2D eigenvalue weighted by Gasteiger charge is 2.26. The maximum Gasteiger partial charge on any atom is 0.361 e. The number of amides is 2. The van der Waals surface area contributed by atoms with Crippen LogP contribution in [0.2, 0.25) is 0 Å². The van der Waals surface area contributed by atoms with Crippen molar-refractivity contribution >= 4 is 25.1 Å². The van der Waals surface area contributed by atoms with E-state index in [2.05, 4.69) is 10.5 Å². The van der Waals surface area contributed by atoms with Gasteiger partial charge in [-0.1, -0.05) is 12.1 Å². The Morgan fingerprint density at radius 1 is 1.30 bits per heavy atom. The van der Waals surface area contributed by atoms with E-state index >= 15 is 0 Å². The summed E-state index contributed by atoms with van der Waals surface area (Å²) in [5, 5.41) is 4.10. The van der Waals surface area contributed by atoms with Crippen LogP contribution in [0.3, 0.4) is 0 Å². The van der Waals surface area contributed by atoms with Crippen molar-refractivity contribution in [1.29, 1.82) is 0 Å². The molecule has 2 amide bonds. The molecule has 0 atom stereocenters. The zero-order valence-corrected chi connectivity index (χ0v) is 12.3. The number of nitrogens with zero attached hydrogens (tertiary/aromatic N) is 1. The normalized spacial score (nSPS) is 11.7. The monoisotopic (exact) mass is 299 g/mol. The Morgan fingerprint density at radius 3 is 2.30 bits per heavy atom. The minimum absolute atomic E-state index is 0.295. The minimum Gasteiger partial charge on any atom is -0.350 e. The van der Waals surface area contributed by atoms with E-state index in [1.165, 1.54) is 6.21 Å². The van der Waals surface area contributed by atoms with Crippen molar-refractivity contribution in [3.05, 3.63) is 29.8 Å². The third kappa shape index (κ3) is 4.77. The number of nitrogens with one attached hydrogen (secondary N) is 1. The number of rotatable bonds is 7. The molecule has 0 bridgehead atoms. The molecule has 1 aromatic carbocycles. The number of nitrogens with two attached hydrogens (primary N) is 1. The van der Waals surface area contributed by atoms with Crippen LogP contribution in [0, 0.1) is 0 Å². The van der Waals surface area contributed by atoms with Gasteiger partial charge in [0.05, 0.1) is 24.7 Å². The van der Waals surface area contributed by atoms with Crippen molar-refractivity contribution in [2.24, 2.45) is 10.8 Å². The number of urea groups is 1. The van der Waals surface area contributed by atoms with E-state index in [-0.39, 0.29) is 0 Å². The van der Waals surface area contributed by atoms with Crippen molar-refractivity contribution in [1.82, 2.24) is 5.43 Å². The lowest BCUT2D eigenvalue weighted by atomic mass is 10.2. The summed E-state index contributed by atoms with van der Waals surface area (Å²) in [6.07, 6.45) is 1.42. The van der Waals surface area contributed by atoms with Gasteiger partial charge in [-0.15, -0.1) is 0 Å². The summed E-state index contributed by atoms with van der Waals surface area (Å²) in [5.74, 6) is 0. The molecular weight excluding hydrogens is 281 g/mol. The summed E-state index contributed by atoms with van der Waals surface area (Å²) in [5.41, 5.74) is 7.66. The second-order valence-corrected chi connectivity index (χ2v) is 5.69. The Balaban J connectivity index is 2.86. The molecule has 0 saturated carbocycles. The van der Waals surface area contributed by atoms with E-state index in [4.69, 9.17) is 14.8 Å². The lowest BCUT2D eigenvalue weighted by Gasteiger charge is -2.17. The van der Waals surface area contributed by atoms with Gasteiger partial charge < -0.3 is 14.8 Å². The number of hydrogen-bond donors (Lipinski definition) is 2. The molecule has 7 nitrogen and oxygen atoms in total. The Hall–Kier alpha value is -1.69. The van der Waals surface area contributed by atoms with Crippen LogP contribution in [0.4, 0.5) is 4.79 Å². The van der Waals surface area contributed by atoms with Gasteiger partial charge in [0.25, 0.3) is 0 Å². The van der Waals surface area contributed by atoms with Crippen LogP contribution in [0.25, 0.3) is 0 Å². The first-order valence-electron chi connectivity index (χ1n) is 6.10. The molecule has 0 fully saturated rings. The molecule has 0 heterocycles. The number of hydrogen-bond acceptors (Lipinski definition) is 5. The van der Waals surface area contributed by atoms with Crippen LogP contribution in [0.15, 0.2) is 29.4 Å². The van der Waals surface area contributed by atoms with Crippen molar-refractivity contribution in [3.63, 3.8) is 0 Å². The summed E-state index contributed by atoms with van der Waals surface area (Å²) in [6, 6.07) is 5.91. The van der Waals surface area contributed by atoms with Crippen molar-refractivity contribution in [3.8, 4) is 0 Å². The van der Waals surface area contributed by atoms with Gasteiger partial charge in [-0.2, -0.15) is 5.10 Å². The predicted molar refractivity (Wildman–Crippen MR) is 77.2 cm³/mol. The van der Waals surface area contributed by atoms with Gasteiger partial charge in [0, 0.05) is 0 Å². The van der Waals surface area contributed by atoms with E-state index in [1.807, 2.05) is 0 Å². The molecule has 0 aliphatic rings. The largest absolute Gasteiger partial charge is 0.361 e. The quantitative estimate of drug-likeness (QED) is 0.453. The Labute approximate surface area is 117 Å². The van der Waals surface area contributed by atoms with Gasteiger partial charge in [0.1, 0.15) is 0 Å². The van der Waals surface area contributed by atoms with Gasteiger partial charge in [-0.05, 0) is 31.5 Å². The van der Waals surface area contributed by atoms with Crippen molar-refractivity contribution in [2.45, 2.75) is 13.8 Å². The molecule has 8 heteroatoms. The van der Waals surface area contributed by atoms with Crippen LogP contribution in [-0.2, 0) is 13.6 Å². The third-order valence-corrected chi connectivity index (χ3v) is 4.32. The first kappa shape index (κ1) is 16.4. The number of carbonyl (C=O) groups is 1. The first-order chi connectivity index (χ1) is 9.51. The van der Waals surface area contributed by atoms with Gasteiger partial charge in [0.15, 0.2) is 0 Å². The van der Waals surface area contributed by atoms with Crippen LogP contribution >= 0.6 is 7.60 Å². The second-order valence-electron chi connectivity index (χ2n) is 3.66. The highest BCUT2D eigenvalue weighted by Crippen LogP contribution is 2.46. The SMILES string of the molecule is CCOP(=O)(OCC)c1ccc(C=NNC(N)=O)cc1. The fraction of sp³-hybridized carbons (Fsp3) is 0.333. The standard InChI is InChI=1S/C12H18N3O4P/c1-3-18-20(17,19-4-2)11-7-5-10(6-8-11)9-14-15-12(13)16/h5-9H,3-4H2,1-2H3,(H3,13,15,16). The summed E-state index contributed by atoms with van der Waals surface area (Å²) >= 11 is 0. The summed E-state index contributed by atoms with van der Waals surface area (Å²) in [6.45, 7) is 4.09. The van der Waals surface area contributed by atoms with E-state index in [0.29, 0.717) is 24.1 Å². The van der Waals surface area contributed by atoms with Crippen LogP contribution in [-0.4, -0.2) is 25.5 Å². The number of carbonyl (C=O) groups excluding carboxylic acids is 1. The zero-order valence-electron chi connectivity index (χ0n) is 11.4. The number of benzene rings is 1. The number of hydrazone groups is 1. The van der Waals surface area contributed by atoms with E-state index < -0.39 is 13.6 Å². The molecule has 0 saturated heterocycles. The smallest absolute Gasteiger partial charge is 0.350 e. The molecule has 0 unspecified atom stereocenters. The highest BCUT2D eigenvalue weighted by atomic mass is 31.2. The second kappa shape index (κ2) is 7.79. The lowest BCUT2D eigenvalue weighted by Crippen LogP contribution is -2.24. The van der Waals surface area contributed by atoms with Gasteiger partial charge >= 0.3 is 13.6 Å². The van der Waals surface area contributed by atoms with Gasteiger partial charge in [0.2, 0.25) is 0 Å². The van der Waals surface area contributed by atoms with Crippen LogP contribution in [0.1, 0.15) is 19.4 Å². The van der Waals surface area contributed by atoms with Crippen molar-refractivity contribution < 1.29 is 18.4 Å². The summed E-state index contributed by atoms with van der Waals surface area (Å²) in [4.78, 5) is 10.4. The number of primary amides is 1. The molecule has 110 valence electrons. The molecule has 1 rings (SSSR count). The lowest BCUT2D eigenvalue weighted by molar-refractivity contribution is 0.230. The van der Waals surface area contributed by atoms with Gasteiger partial charge in [-0.25, -0.2) is 10.2 Å². The fourth-order valence-corrected chi connectivity index (χ4v) is 3.01. The highest BCUT2D eigenvalue weighted by molar-refractivity contribution is 7.62. The molecular formula is C12H18N3O4P. The molecule has 3 N–H and O–H groups in total. The molecule has 0 aliphatic carbocycles. The molecule has 0 radical (unpaired) electrons. The average molecular weight is 299 g/mol. The zero-order chi connectivity index (χ0) is 15.0. The summed E-state index contributed by atoms with van der Waals surface area (Å²) in [7, 11) is -3.27.